The number of piperidine rings is 1. The Morgan fingerprint density at radius 1 is 1.19 bits per heavy atom. The number of fused-ring (bicyclic) bond motifs is 1. The van der Waals surface area contributed by atoms with Crippen LogP contribution in [0.3, 0.4) is 0 Å². The van der Waals surface area contributed by atoms with E-state index in [1.807, 2.05) is 12.1 Å². The molecule has 0 unspecified atom stereocenters. The summed E-state index contributed by atoms with van der Waals surface area (Å²) in [5, 5.41) is 11.9. The molecule has 9 heteroatoms. The SMILES string of the molecule is CS(=O)(=O)N1CCc2cc(C(=O)NCC3CCN(C(=O)O)CC3)ccc2C1. The van der Waals surface area contributed by atoms with Gasteiger partial charge in [0.15, 0.2) is 0 Å². The van der Waals surface area contributed by atoms with E-state index in [0.717, 1.165) is 24.0 Å². The topological polar surface area (TPSA) is 107 Å². The molecule has 2 heterocycles. The van der Waals surface area contributed by atoms with E-state index in [2.05, 4.69) is 5.32 Å². The van der Waals surface area contributed by atoms with Crippen LogP contribution in [-0.4, -0.2) is 67.2 Å². The Morgan fingerprint density at radius 3 is 2.52 bits per heavy atom. The molecule has 0 aliphatic carbocycles. The number of carbonyl (C=O) groups excluding carboxylic acids is 1. The number of sulfonamides is 1. The first-order valence-corrected chi connectivity index (χ1v) is 10.9. The number of likely N-dealkylation sites (tertiary alicyclic amines) is 1. The Bertz CT molecular complexity index is 831. The van der Waals surface area contributed by atoms with E-state index < -0.39 is 16.1 Å². The zero-order valence-electron chi connectivity index (χ0n) is 15.3. The van der Waals surface area contributed by atoms with Gasteiger partial charge in [-0.15, -0.1) is 0 Å². The van der Waals surface area contributed by atoms with Crippen LogP contribution in [0.2, 0.25) is 0 Å². The number of nitrogens with one attached hydrogen (secondary N) is 1. The number of benzene rings is 1. The first-order valence-electron chi connectivity index (χ1n) is 9.07. The molecule has 8 nitrogen and oxygen atoms in total. The van der Waals surface area contributed by atoms with Crippen LogP contribution in [0.4, 0.5) is 4.79 Å². The van der Waals surface area contributed by atoms with Crippen molar-refractivity contribution < 1.29 is 23.1 Å². The average molecular weight is 395 g/mol. The fourth-order valence-corrected chi connectivity index (χ4v) is 4.42. The van der Waals surface area contributed by atoms with Crippen LogP contribution in [0.5, 0.6) is 0 Å². The van der Waals surface area contributed by atoms with Gasteiger partial charge in [-0.1, -0.05) is 6.07 Å². The van der Waals surface area contributed by atoms with E-state index in [1.165, 1.54) is 15.5 Å². The number of rotatable bonds is 4. The fraction of sp³-hybridized carbons (Fsp3) is 0.556. The predicted molar refractivity (Wildman–Crippen MR) is 100 cm³/mol. The van der Waals surface area contributed by atoms with Gasteiger partial charge in [-0.2, -0.15) is 4.31 Å². The van der Waals surface area contributed by atoms with Crippen molar-refractivity contribution in [1.29, 1.82) is 0 Å². The zero-order valence-corrected chi connectivity index (χ0v) is 16.2. The standard InChI is InChI=1S/C18H25N3O5S/c1-27(25,26)21-9-6-14-10-15(2-3-16(14)12-21)17(22)19-11-13-4-7-20(8-5-13)18(23)24/h2-3,10,13H,4-9,11-12H2,1H3,(H,19,22)(H,23,24). The minimum Gasteiger partial charge on any atom is -0.465 e. The summed E-state index contributed by atoms with van der Waals surface area (Å²) in [4.78, 5) is 24.8. The first kappa shape index (κ1) is 19.6. The molecule has 1 fully saturated rings. The lowest BCUT2D eigenvalue weighted by Crippen LogP contribution is -2.41. The highest BCUT2D eigenvalue weighted by Crippen LogP contribution is 2.22. The molecule has 2 aliphatic heterocycles. The molecule has 27 heavy (non-hydrogen) atoms. The molecule has 3 rings (SSSR count). The zero-order chi connectivity index (χ0) is 19.6. The van der Waals surface area contributed by atoms with E-state index in [-0.39, 0.29) is 11.8 Å². The second-order valence-corrected chi connectivity index (χ2v) is 9.24. The first-order chi connectivity index (χ1) is 12.7. The number of carbonyl (C=O) groups is 2. The van der Waals surface area contributed by atoms with Gasteiger partial charge < -0.3 is 15.3 Å². The van der Waals surface area contributed by atoms with Crippen LogP contribution in [0.1, 0.15) is 34.3 Å². The Labute approximate surface area is 159 Å². The minimum atomic E-state index is -3.21. The molecule has 0 bridgehead atoms. The molecule has 1 aromatic rings. The lowest BCUT2D eigenvalue weighted by molar-refractivity contribution is 0.0928. The molecule has 1 saturated heterocycles. The summed E-state index contributed by atoms with van der Waals surface area (Å²) < 4.78 is 24.8. The summed E-state index contributed by atoms with van der Waals surface area (Å²) in [5.74, 6) is 0.134. The van der Waals surface area contributed by atoms with Gasteiger partial charge in [0.05, 0.1) is 6.26 Å². The van der Waals surface area contributed by atoms with Crippen LogP contribution in [-0.2, 0) is 23.0 Å². The molecule has 0 spiro atoms. The Morgan fingerprint density at radius 2 is 1.89 bits per heavy atom. The van der Waals surface area contributed by atoms with Gasteiger partial charge in [-0.25, -0.2) is 13.2 Å². The summed E-state index contributed by atoms with van der Waals surface area (Å²) in [7, 11) is -3.21. The van der Waals surface area contributed by atoms with Gasteiger partial charge in [0, 0.05) is 38.3 Å². The lowest BCUT2D eigenvalue weighted by Gasteiger charge is -2.30. The lowest BCUT2D eigenvalue weighted by atomic mass is 9.96. The molecule has 0 aromatic heterocycles. The third kappa shape index (κ3) is 4.78. The maximum Gasteiger partial charge on any atom is 0.407 e. The Kier molecular flexibility index (Phi) is 5.71. The summed E-state index contributed by atoms with van der Waals surface area (Å²) in [6.45, 7) is 2.32. The number of carboxylic acid groups (broad SMARTS) is 1. The number of amides is 2. The predicted octanol–water partition coefficient (Wildman–Crippen LogP) is 1.12. The summed E-state index contributed by atoms with van der Waals surface area (Å²) in [6, 6.07) is 5.40. The Balaban J connectivity index is 1.55. The van der Waals surface area contributed by atoms with Crippen LogP contribution in [0, 0.1) is 5.92 Å². The summed E-state index contributed by atoms with van der Waals surface area (Å²) in [5.41, 5.74) is 2.52. The smallest absolute Gasteiger partial charge is 0.407 e. The largest absolute Gasteiger partial charge is 0.465 e. The number of hydrogen-bond donors (Lipinski definition) is 2. The van der Waals surface area contributed by atoms with Crippen molar-refractivity contribution in [1.82, 2.24) is 14.5 Å². The van der Waals surface area contributed by atoms with Crippen molar-refractivity contribution in [3.8, 4) is 0 Å². The van der Waals surface area contributed by atoms with Crippen molar-refractivity contribution in [3.63, 3.8) is 0 Å². The average Bonchev–Trinajstić information content (AvgIpc) is 2.64. The molecule has 1 aromatic carbocycles. The molecule has 0 radical (unpaired) electrons. The summed E-state index contributed by atoms with van der Waals surface area (Å²) in [6.07, 6.45) is 2.41. The highest BCUT2D eigenvalue weighted by atomic mass is 32.2. The maximum absolute atomic E-state index is 12.4. The van der Waals surface area contributed by atoms with Gasteiger partial charge in [-0.3, -0.25) is 4.79 Å². The van der Waals surface area contributed by atoms with Crippen LogP contribution < -0.4 is 5.32 Å². The number of hydrogen-bond acceptors (Lipinski definition) is 4. The van der Waals surface area contributed by atoms with E-state index in [1.54, 1.807) is 6.07 Å². The second-order valence-electron chi connectivity index (χ2n) is 7.25. The molecule has 2 aliphatic rings. The third-order valence-corrected chi connectivity index (χ3v) is 6.60. The molecule has 2 amide bonds. The minimum absolute atomic E-state index is 0.149. The van der Waals surface area contributed by atoms with Gasteiger partial charge in [-0.05, 0) is 48.4 Å². The fourth-order valence-electron chi connectivity index (χ4n) is 3.62. The van der Waals surface area contributed by atoms with Crippen molar-refractivity contribution in [2.45, 2.75) is 25.8 Å². The highest BCUT2D eigenvalue weighted by Gasteiger charge is 2.25. The van der Waals surface area contributed by atoms with Crippen molar-refractivity contribution in [3.05, 3.63) is 34.9 Å². The van der Waals surface area contributed by atoms with Gasteiger partial charge >= 0.3 is 6.09 Å². The second kappa shape index (κ2) is 7.85. The molecular formula is C18H25N3O5S. The molecule has 0 saturated carbocycles. The van der Waals surface area contributed by atoms with Gasteiger partial charge in [0.25, 0.3) is 5.91 Å². The Hall–Kier alpha value is -2.13. The third-order valence-electron chi connectivity index (χ3n) is 5.35. The van der Waals surface area contributed by atoms with Crippen molar-refractivity contribution >= 4 is 22.0 Å². The van der Waals surface area contributed by atoms with Gasteiger partial charge in [0.2, 0.25) is 10.0 Å². The maximum atomic E-state index is 12.4. The van der Waals surface area contributed by atoms with E-state index in [0.29, 0.717) is 44.7 Å². The number of nitrogens with zero attached hydrogens (tertiary/aromatic N) is 2. The van der Waals surface area contributed by atoms with Crippen molar-refractivity contribution in [2.75, 3.05) is 32.4 Å². The normalized spacial score (nSPS) is 18.8. The van der Waals surface area contributed by atoms with E-state index >= 15 is 0 Å². The monoisotopic (exact) mass is 395 g/mol. The molecule has 148 valence electrons. The molecular weight excluding hydrogens is 370 g/mol. The van der Waals surface area contributed by atoms with Gasteiger partial charge in [0.1, 0.15) is 0 Å². The summed E-state index contributed by atoms with van der Waals surface area (Å²) >= 11 is 0. The molecule has 2 N–H and O–H groups in total. The van der Waals surface area contributed by atoms with Crippen LogP contribution >= 0.6 is 0 Å². The van der Waals surface area contributed by atoms with Crippen LogP contribution in [0.15, 0.2) is 18.2 Å². The van der Waals surface area contributed by atoms with E-state index in [9.17, 15) is 18.0 Å². The van der Waals surface area contributed by atoms with E-state index in [4.69, 9.17) is 5.11 Å². The highest BCUT2D eigenvalue weighted by molar-refractivity contribution is 7.88. The van der Waals surface area contributed by atoms with Crippen molar-refractivity contribution in [2.24, 2.45) is 5.92 Å². The molecule has 0 atom stereocenters. The quantitative estimate of drug-likeness (QED) is 0.795. The van der Waals surface area contributed by atoms with Crippen LogP contribution in [0.25, 0.3) is 0 Å².